The summed E-state index contributed by atoms with van der Waals surface area (Å²) in [5.41, 5.74) is 1.70. The van der Waals surface area contributed by atoms with E-state index in [1.807, 2.05) is 22.9 Å². The predicted octanol–water partition coefficient (Wildman–Crippen LogP) is 1.35. The Labute approximate surface area is 152 Å². The molecule has 2 bridgehead atoms. The summed E-state index contributed by atoms with van der Waals surface area (Å²) in [6.07, 6.45) is 8.94. The first-order valence-corrected chi connectivity index (χ1v) is 9.08. The van der Waals surface area contributed by atoms with E-state index in [2.05, 4.69) is 10.1 Å². The van der Waals surface area contributed by atoms with Crippen molar-refractivity contribution >= 4 is 11.8 Å². The molecule has 3 aliphatic rings. The minimum Gasteiger partial charge on any atom is -0.336 e. The van der Waals surface area contributed by atoms with Crippen molar-refractivity contribution in [1.29, 1.82) is 0 Å². The fourth-order valence-electron chi connectivity index (χ4n) is 4.01. The molecule has 0 saturated carbocycles. The third-order valence-corrected chi connectivity index (χ3v) is 5.31. The summed E-state index contributed by atoms with van der Waals surface area (Å²) in [4.78, 5) is 33.5. The van der Waals surface area contributed by atoms with Gasteiger partial charge in [-0.1, -0.05) is 0 Å². The van der Waals surface area contributed by atoms with Gasteiger partial charge in [0.05, 0.1) is 6.20 Å². The molecule has 7 nitrogen and oxygen atoms in total. The molecule has 0 N–H and O–H groups in total. The molecule has 2 aromatic rings. The molecule has 0 unspecified atom stereocenters. The van der Waals surface area contributed by atoms with Crippen LogP contribution in [-0.4, -0.2) is 62.1 Å². The maximum absolute atomic E-state index is 12.8. The number of hydrogen-bond acceptors (Lipinski definition) is 4. The van der Waals surface area contributed by atoms with Gasteiger partial charge in [0.2, 0.25) is 5.91 Å². The highest BCUT2D eigenvalue weighted by atomic mass is 16.2. The van der Waals surface area contributed by atoms with Gasteiger partial charge in [-0.05, 0) is 43.4 Å². The van der Waals surface area contributed by atoms with Crippen molar-refractivity contribution in [2.75, 3.05) is 19.6 Å². The number of amides is 2. The van der Waals surface area contributed by atoms with Crippen LogP contribution in [0, 0.1) is 12.8 Å². The van der Waals surface area contributed by atoms with Gasteiger partial charge in [-0.15, -0.1) is 0 Å². The molecule has 0 spiro atoms. The second kappa shape index (κ2) is 6.90. The maximum atomic E-state index is 12.8. The van der Waals surface area contributed by atoms with Crippen molar-refractivity contribution in [3.05, 3.63) is 48.0 Å². The first-order chi connectivity index (χ1) is 12.6. The number of hydrogen-bond donors (Lipinski definition) is 0. The minimum atomic E-state index is 0.0290. The zero-order chi connectivity index (χ0) is 18.1. The van der Waals surface area contributed by atoms with E-state index in [-0.39, 0.29) is 24.4 Å². The summed E-state index contributed by atoms with van der Waals surface area (Å²) in [6, 6.07) is 3.58. The first-order valence-electron chi connectivity index (χ1n) is 9.08. The highest BCUT2D eigenvalue weighted by Gasteiger charge is 2.38. The highest BCUT2D eigenvalue weighted by molar-refractivity contribution is 5.94. The fourth-order valence-corrected chi connectivity index (χ4v) is 4.01. The molecule has 136 valence electrons. The number of aryl methyl sites for hydroxylation is 1. The molecule has 7 heteroatoms. The Hall–Kier alpha value is -2.70. The van der Waals surface area contributed by atoms with Crippen molar-refractivity contribution in [3.63, 3.8) is 0 Å². The summed E-state index contributed by atoms with van der Waals surface area (Å²) >= 11 is 0. The summed E-state index contributed by atoms with van der Waals surface area (Å²) < 4.78 is 1.69. The molecule has 3 saturated heterocycles. The molecule has 0 aromatic carbocycles. The van der Waals surface area contributed by atoms with E-state index in [4.69, 9.17) is 0 Å². The van der Waals surface area contributed by atoms with Crippen molar-refractivity contribution in [1.82, 2.24) is 24.6 Å². The molecule has 5 rings (SSSR count). The van der Waals surface area contributed by atoms with Crippen LogP contribution < -0.4 is 0 Å². The van der Waals surface area contributed by atoms with Crippen molar-refractivity contribution in [3.8, 4) is 0 Å². The van der Waals surface area contributed by atoms with Gasteiger partial charge in [0.25, 0.3) is 5.91 Å². The number of aromatic nitrogens is 3. The van der Waals surface area contributed by atoms with Crippen LogP contribution in [0.15, 0.2) is 36.9 Å². The number of pyridine rings is 1. The van der Waals surface area contributed by atoms with Crippen LogP contribution in [0.1, 0.15) is 28.8 Å². The molecule has 26 heavy (non-hydrogen) atoms. The van der Waals surface area contributed by atoms with Crippen molar-refractivity contribution < 1.29 is 9.59 Å². The molecule has 2 atom stereocenters. The third kappa shape index (κ3) is 3.34. The number of nitrogens with zero attached hydrogens (tertiary/aromatic N) is 5. The largest absolute Gasteiger partial charge is 0.336 e. The average molecular weight is 353 g/mol. The van der Waals surface area contributed by atoms with Crippen LogP contribution in [0.4, 0.5) is 0 Å². The smallest absolute Gasteiger partial charge is 0.254 e. The number of carbonyl (C=O) groups is 2. The molecular formula is C19H23N5O2. The Morgan fingerprint density at radius 1 is 1.15 bits per heavy atom. The van der Waals surface area contributed by atoms with E-state index < -0.39 is 0 Å². The lowest BCUT2D eigenvalue weighted by atomic mass is 9.95. The molecule has 2 amide bonds. The third-order valence-electron chi connectivity index (χ3n) is 5.31. The monoisotopic (exact) mass is 353 g/mol. The van der Waals surface area contributed by atoms with E-state index >= 15 is 0 Å². The topological polar surface area (TPSA) is 71.3 Å². The van der Waals surface area contributed by atoms with Crippen molar-refractivity contribution in [2.45, 2.75) is 32.4 Å². The van der Waals surface area contributed by atoms with Crippen LogP contribution in [0.3, 0.4) is 0 Å². The summed E-state index contributed by atoms with van der Waals surface area (Å²) in [5, 5.41) is 4.22. The first kappa shape index (κ1) is 16.8. The lowest BCUT2D eigenvalue weighted by Gasteiger charge is -2.36. The highest BCUT2D eigenvalue weighted by Crippen LogP contribution is 2.29. The molecule has 5 heterocycles. The van der Waals surface area contributed by atoms with E-state index in [1.54, 1.807) is 35.4 Å². The van der Waals surface area contributed by atoms with Crippen molar-refractivity contribution in [2.24, 2.45) is 5.92 Å². The number of carbonyl (C=O) groups excluding carboxylic acids is 2. The van der Waals surface area contributed by atoms with Gasteiger partial charge < -0.3 is 9.80 Å². The van der Waals surface area contributed by atoms with E-state index in [1.165, 1.54) is 0 Å². The number of rotatable bonds is 3. The Morgan fingerprint density at radius 2 is 1.96 bits per heavy atom. The molecular weight excluding hydrogens is 330 g/mol. The average Bonchev–Trinajstić information content (AvgIpc) is 2.86. The summed E-state index contributed by atoms with van der Waals surface area (Å²) in [7, 11) is 0. The molecule has 3 fully saturated rings. The van der Waals surface area contributed by atoms with Crippen LogP contribution in [0.2, 0.25) is 0 Å². The van der Waals surface area contributed by atoms with Gasteiger partial charge in [0, 0.05) is 49.8 Å². The summed E-state index contributed by atoms with van der Waals surface area (Å²) in [5.74, 6) is 0.449. The fraction of sp³-hybridized carbons (Fsp3) is 0.474. The maximum Gasteiger partial charge on any atom is 0.254 e. The van der Waals surface area contributed by atoms with Gasteiger partial charge in [0.1, 0.15) is 6.54 Å². The van der Waals surface area contributed by atoms with Gasteiger partial charge in [-0.2, -0.15) is 5.10 Å². The normalized spacial score (nSPS) is 22.3. The number of piperidine rings is 1. The Kier molecular flexibility index (Phi) is 4.44. The molecule has 0 aliphatic carbocycles. The van der Waals surface area contributed by atoms with Crippen LogP contribution >= 0.6 is 0 Å². The standard InChI is InChI=1S/C19H23N5O2/c1-14-8-21-23(9-14)13-18(25)24-11-15-2-3-17(24)12-22(10-15)19(26)16-4-6-20-7-5-16/h4-9,15,17H,2-3,10-13H2,1H3/t15-,17+/m0/s1. The van der Waals surface area contributed by atoms with E-state index in [9.17, 15) is 9.59 Å². The predicted molar refractivity (Wildman–Crippen MR) is 95.3 cm³/mol. The Morgan fingerprint density at radius 3 is 2.69 bits per heavy atom. The minimum absolute atomic E-state index is 0.0290. The van der Waals surface area contributed by atoms with E-state index in [0.717, 1.165) is 24.9 Å². The van der Waals surface area contributed by atoms with Gasteiger partial charge in [0.15, 0.2) is 0 Å². The molecule has 0 radical (unpaired) electrons. The lowest BCUT2D eigenvalue weighted by molar-refractivity contribution is -0.136. The lowest BCUT2D eigenvalue weighted by Crippen LogP contribution is -2.48. The van der Waals surface area contributed by atoms with Crippen LogP contribution in [0.5, 0.6) is 0 Å². The van der Waals surface area contributed by atoms with Gasteiger partial charge >= 0.3 is 0 Å². The second-order valence-electron chi connectivity index (χ2n) is 7.30. The van der Waals surface area contributed by atoms with Gasteiger partial charge in [-0.3, -0.25) is 19.3 Å². The quantitative estimate of drug-likeness (QED) is 0.835. The summed E-state index contributed by atoms with van der Waals surface area (Å²) in [6.45, 7) is 4.26. The second-order valence-corrected chi connectivity index (χ2v) is 7.30. The molecule has 2 aromatic heterocycles. The molecule has 3 aliphatic heterocycles. The number of fused-ring (bicyclic) bond motifs is 4. The Bertz CT molecular complexity index is 803. The van der Waals surface area contributed by atoms with Gasteiger partial charge in [-0.25, -0.2) is 0 Å². The zero-order valence-corrected chi connectivity index (χ0v) is 14.9. The zero-order valence-electron chi connectivity index (χ0n) is 14.9. The van der Waals surface area contributed by atoms with Crippen LogP contribution in [0.25, 0.3) is 0 Å². The van der Waals surface area contributed by atoms with E-state index in [0.29, 0.717) is 24.6 Å². The Balaban J connectivity index is 1.48. The van der Waals surface area contributed by atoms with Crippen LogP contribution in [-0.2, 0) is 11.3 Å². The SMILES string of the molecule is Cc1cnn(CC(=O)N2C[C@H]3CC[C@@H]2CN(C(=O)c2ccncc2)C3)c1.